The number of carbonyl (C=O) groups excluding carboxylic acids is 1. The summed E-state index contributed by atoms with van der Waals surface area (Å²) in [6.07, 6.45) is 7.78. The summed E-state index contributed by atoms with van der Waals surface area (Å²) < 4.78 is 6.94. The molecule has 2 aromatic carbocycles. The third kappa shape index (κ3) is 8.39. The average Bonchev–Trinajstić information content (AvgIpc) is 2.67. The van der Waals surface area contributed by atoms with Crippen molar-refractivity contribution in [2.45, 2.75) is 52.1 Å². The smallest absolute Gasteiger partial charge is 0.240 e. The minimum Gasteiger partial charge on any atom is -0.488 e. The standard InChI is InChI=1S/C22H27BrN2O2/c1-2-3-4-5-6-14-22(26)25-24-16-19-11-7-8-13-21(19)27-17-18-10-9-12-20(23)15-18/h7-13,15-16H,2-6,14,17H2,1H3,(H,25,26)/b24-16+. The summed E-state index contributed by atoms with van der Waals surface area (Å²) in [7, 11) is 0. The highest BCUT2D eigenvalue weighted by molar-refractivity contribution is 9.10. The summed E-state index contributed by atoms with van der Waals surface area (Å²) >= 11 is 3.46. The van der Waals surface area contributed by atoms with E-state index in [-0.39, 0.29) is 5.91 Å². The summed E-state index contributed by atoms with van der Waals surface area (Å²) in [5, 5.41) is 4.07. The van der Waals surface area contributed by atoms with Crippen molar-refractivity contribution in [3.63, 3.8) is 0 Å². The van der Waals surface area contributed by atoms with E-state index < -0.39 is 0 Å². The Labute approximate surface area is 170 Å². The third-order valence-electron chi connectivity index (χ3n) is 4.10. The Kier molecular flexibility index (Phi) is 9.63. The predicted molar refractivity (Wildman–Crippen MR) is 114 cm³/mol. The molecule has 0 spiro atoms. The SMILES string of the molecule is CCCCCCCC(=O)N/N=C/c1ccccc1OCc1cccc(Br)c1. The van der Waals surface area contributed by atoms with E-state index >= 15 is 0 Å². The topological polar surface area (TPSA) is 50.7 Å². The van der Waals surface area contributed by atoms with Gasteiger partial charge in [0, 0.05) is 16.5 Å². The quantitative estimate of drug-likeness (QED) is 0.276. The number of carbonyl (C=O) groups is 1. The lowest BCUT2D eigenvalue weighted by molar-refractivity contribution is -0.121. The fourth-order valence-corrected chi connectivity index (χ4v) is 3.07. The van der Waals surface area contributed by atoms with E-state index in [1.165, 1.54) is 19.3 Å². The summed E-state index contributed by atoms with van der Waals surface area (Å²) in [5.41, 5.74) is 4.51. The summed E-state index contributed by atoms with van der Waals surface area (Å²) in [4.78, 5) is 11.8. The highest BCUT2D eigenvalue weighted by Crippen LogP contribution is 2.19. The second kappa shape index (κ2) is 12.3. The van der Waals surface area contributed by atoms with Crippen LogP contribution in [0, 0.1) is 0 Å². The summed E-state index contributed by atoms with van der Waals surface area (Å²) in [6.45, 7) is 2.65. The Balaban J connectivity index is 1.82. The number of benzene rings is 2. The van der Waals surface area contributed by atoms with Gasteiger partial charge in [-0.2, -0.15) is 5.10 Å². The van der Waals surface area contributed by atoms with E-state index in [1.807, 2.05) is 48.5 Å². The van der Waals surface area contributed by atoms with Crippen molar-refractivity contribution >= 4 is 28.1 Å². The molecular weight excluding hydrogens is 404 g/mol. The molecule has 0 radical (unpaired) electrons. The zero-order valence-corrected chi connectivity index (χ0v) is 17.4. The molecule has 0 heterocycles. The molecule has 0 unspecified atom stereocenters. The molecule has 0 saturated carbocycles. The molecule has 27 heavy (non-hydrogen) atoms. The van der Waals surface area contributed by atoms with Crippen molar-refractivity contribution in [1.82, 2.24) is 5.43 Å². The van der Waals surface area contributed by atoms with Crippen LogP contribution in [0.5, 0.6) is 5.75 Å². The second-order valence-corrected chi connectivity index (χ2v) is 7.33. The van der Waals surface area contributed by atoms with E-state index in [2.05, 4.69) is 33.4 Å². The van der Waals surface area contributed by atoms with Crippen molar-refractivity contribution in [3.8, 4) is 5.75 Å². The minimum absolute atomic E-state index is 0.0460. The molecule has 0 fully saturated rings. The number of hydrazone groups is 1. The monoisotopic (exact) mass is 430 g/mol. The number of rotatable bonds is 11. The zero-order chi connectivity index (χ0) is 19.3. The zero-order valence-electron chi connectivity index (χ0n) is 15.8. The number of para-hydroxylation sites is 1. The molecule has 0 aliphatic heterocycles. The molecule has 0 aliphatic rings. The molecule has 1 N–H and O–H groups in total. The molecule has 5 heteroatoms. The van der Waals surface area contributed by atoms with Gasteiger partial charge >= 0.3 is 0 Å². The van der Waals surface area contributed by atoms with Crippen LogP contribution in [0.2, 0.25) is 0 Å². The second-order valence-electron chi connectivity index (χ2n) is 6.41. The van der Waals surface area contributed by atoms with E-state index in [4.69, 9.17) is 4.74 Å². The molecule has 0 atom stereocenters. The molecule has 0 bridgehead atoms. The van der Waals surface area contributed by atoms with Gasteiger partial charge in [0.15, 0.2) is 0 Å². The predicted octanol–water partition coefficient (Wildman–Crippen LogP) is 5.84. The Morgan fingerprint density at radius 1 is 1.11 bits per heavy atom. The largest absolute Gasteiger partial charge is 0.488 e. The number of ether oxygens (including phenoxy) is 1. The van der Waals surface area contributed by atoms with Gasteiger partial charge < -0.3 is 4.74 Å². The lowest BCUT2D eigenvalue weighted by Gasteiger charge is -2.09. The van der Waals surface area contributed by atoms with Crippen LogP contribution in [0.25, 0.3) is 0 Å². The molecule has 144 valence electrons. The fraction of sp³-hybridized carbons (Fsp3) is 0.364. The van der Waals surface area contributed by atoms with Crippen molar-refractivity contribution in [2.24, 2.45) is 5.10 Å². The van der Waals surface area contributed by atoms with Gasteiger partial charge in [0.2, 0.25) is 5.91 Å². The molecule has 2 rings (SSSR count). The maximum absolute atomic E-state index is 11.8. The number of unbranched alkanes of at least 4 members (excludes halogenated alkanes) is 4. The lowest BCUT2D eigenvalue weighted by Crippen LogP contribution is -2.17. The first-order chi connectivity index (χ1) is 13.2. The minimum atomic E-state index is -0.0460. The maximum Gasteiger partial charge on any atom is 0.240 e. The van der Waals surface area contributed by atoms with Crippen LogP contribution >= 0.6 is 15.9 Å². The Hall–Kier alpha value is -2.14. The van der Waals surface area contributed by atoms with Gasteiger partial charge in [0.25, 0.3) is 0 Å². The highest BCUT2D eigenvalue weighted by atomic mass is 79.9. The van der Waals surface area contributed by atoms with Crippen molar-refractivity contribution < 1.29 is 9.53 Å². The van der Waals surface area contributed by atoms with E-state index in [0.29, 0.717) is 13.0 Å². The highest BCUT2D eigenvalue weighted by Gasteiger charge is 2.03. The molecule has 0 aliphatic carbocycles. The number of nitrogens with zero attached hydrogens (tertiary/aromatic N) is 1. The first-order valence-electron chi connectivity index (χ1n) is 9.47. The van der Waals surface area contributed by atoms with Crippen LogP contribution in [-0.2, 0) is 11.4 Å². The van der Waals surface area contributed by atoms with Crippen molar-refractivity contribution in [3.05, 3.63) is 64.1 Å². The molecule has 4 nitrogen and oxygen atoms in total. The first kappa shape index (κ1) is 21.2. The number of hydrogen-bond acceptors (Lipinski definition) is 3. The van der Waals surface area contributed by atoms with Crippen LogP contribution in [-0.4, -0.2) is 12.1 Å². The Bertz CT molecular complexity index is 747. The van der Waals surface area contributed by atoms with Gasteiger partial charge in [-0.1, -0.05) is 72.8 Å². The maximum atomic E-state index is 11.8. The van der Waals surface area contributed by atoms with Gasteiger partial charge in [0.05, 0.1) is 6.21 Å². The van der Waals surface area contributed by atoms with Crippen molar-refractivity contribution in [1.29, 1.82) is 0 Å². The van der Waals surface area contributed by atoms with Gasteiger partial charge in [-0.05, 0) is 36.2 Å². The molecule has 0 saturated heterocycles. The van der Waals surface area contributed by atoms with Crippen LogP contribution < -0.4 is 10.2 Å². The number of hydrogen-bond donors (Lipinski definition) is 1. The molecule has 1 amide bonds. The normalized spacial score (nSPS) is 10.9. The fourth-order valence-electron chi connectivity index (χ4n) is 2.63. The molecule has 2 aromatic rings. The summed E-state index contributed by atoms with van der Waals surface area (Å²) in [5.74, 6) is 0.685. The lowest BCUT2D eigenvalue weighted by atomic mass is 10.1. The summed E-state index contributed by atoms with van der Waals surface area (Å²) in [6, 6.07) is 15.7. The number of amides is 1. The van der Waals surface area contributed by atoms with Crippen LogP contribution in [0.15, 0.2) is 58.1 Å². The Morgan fingerprint density at radius 2 is 1.93 bits per heavy atom. The van der Waals surface area contributed by atoms with E-state index in [9.17, 15) is 4.79 Å². The first-order valence-corrected chi connectivity index (χ1v) is 10.3. The Morgan fingerprint density at radius 3 is 2.74 bits per heavy atom. The molecular formula is C22H27BrN2O2. The number of halogens is 1. The van der Waals surface area contributed by atoms with Gasteiger partial charge in [-0.25, -0.2) is 5.43 Å². The van der Waals surface area contributed by atoms with Crippen LogP contribution in [0.1, 0.15) is 56.6 Å². The van der Waals surface area contributed by atoms with Gasteiger partial charge in [-0.15, -0.1) is 0 Å². The van der Waals surface area contributed by atoms with Crippen LogP contribution in [0.4, 0.5) is 0 Å². The van der Waals surface area contributed by atoms with Crippen molar-refractivity contribution in [2.75, 3.05) is 0 Å². The average molecular weight is 431 g/mol. The molecule has 0 aromatic heterocycles. The van der Waals surface area contributed by atoms with Gasteiger partial charge in [-0.3, -0.25) is 4.79 Å². The van der Waals surface area contributed by atoms with E-state index in [0.717, 1.165) is 34.2 Å². The third-order valence-corrected chi connectivity index (χ3v) is 4.60. The van der Waals surface area contributed by atoms with Gasteiger partial charge in [0.1, 0.15) is 12.4 Å². The number of nitrogens with one attached hydrogen (secondary N) is 1. The van der Waals surface area contributed by atoms with Crippen LogP contribution in [0.3, 0.4) is 0 Å². The van der Waals surface area contributed by atoms with E-state index in [1.54, 1.807) is 6.21 Å².